The first-order chi connectivity index (χ1) is 17.1. The molecule has 0 spiro atoms. The predicted molar refractivity (Wildman–Crippen MR) is 160 cm³/mol. The van der Waals surface area contributed by atoms with E-state index in [0.717, 1.165) is 0 Å². The summed E-state index contributed by atoms with van der Waals surface area (Å²) in [4.78, 5) is 0. The van der Waals surface area contributed by atoms with Gasteiger partial charge in [-0.05, 0) is 23.2 Å². The van der Waals surface area contributed by atoms with Gasteiger partial charge in [-0.25, -0.2) is 0 Å². The van der Waals surface area contributed by atoms with Crippen molar-refractivity contribution in [3.05, 3.63) is 132 Å². The summed E-state index contributed by atoms with van der Waals surface area (Å²) in [6, 6.07) is 45.2. The van der Waals surface area contributed by atoms with Crippen LogP contribution in [0.2, 0.25) is 13.1 Å². The van der Waals surface area contributed by atoms with Gasteiger partial charge in [0, 0.05) is 0 Å². The summed E-state index contributed by atoms with van der Waals surface area (Å²) in [5.41, 5.74) is 2.79. The SMILES string of the molecule is CCCCC/C(=C/[Si](C)(c1ccccc1)c1ccccc1)[Si](C)(c1ccccc1)c1ccccc1. The van der Waals surface area contributed by atoms with Gasteiger partial charge in [0.25, 0.3) is 0 Å². The fourth-order valence-electron chi connectivity index (χ4n) is 5.36. The smallest absolute Gasteiger partial charge is 0.0900 e. The van der Waals surface area contributed by atoms with Crippen LogP contribution in [0.15, 0.2) is 132 Å². The summed E-state index contributed by atoms with van der Waals surface area (Å²) in [5.74, 6) is 0. The third-order valence-corrected chi connectivity index (χ3v) is 16.5. The Kier molecular flexibility index (Phi) is 8.38. The van der Waals surface area contributed by atoms with E-state index in [9.17, 15) is 0 Å². The molecular weight excluding hydrogens is 453 g/mol. The Bertz CT molecular complexity index is 1120. The first-order valence-electron chi connectivity index (χ1n) is 13.0. The minimum atomic E-state index is -2.16. The summed E-state index contributed by atoms with van der Waals surface area (Å²) in [6.07, 6.45) is 4.94. The molecule has 4 aromatic rings. The topological polar surface area (TPSA) is 0 Å². The molecule has 0 aromatic heterocycles. The highest BCUT2D eigenvalue weighted by Gasteiger charge is 2.39. The molecule has 0 atom stereocenters. The first-order valence-corrected chi connectivity index (χ1v) is 18.1. The molecule has 4 rings (SSSR count). The number of allylic oxidation sites excluding steroid dienone is 1. The van der Waals surface area contributed by atoms with Gasteiger partial charge < -0.3 is 0 Å². The highest BCUT2D eigenvalue weighted by atomic mass is 28.3. The summed E-state index contributed by atoms with van der Waals surface area (Å²) >= 11 is 0. The van der Waals surface area contributed by atoms with Crippen LogP contribution >= 0.6 is 0 Å². The van der Waals surface area contributed by atoms with Gasteiger partial charge in [-0.1, -0.05) is 175 Å². The zero-order chi connectivity index (χ0) is 24.6. The average molecular weight is 491 g/mol. The van der Waals surface area contributed by atoms with Crippen LogP contribution in [0.25, 0.3) is 0 Å². The van der Waals surface area contributed by atoms with Crippen molar-refractivity contribution in [2.45, 2.75) is 45.7 Å². The largest absolute Gasteiger partial charge is 0.140 e. The molecule has 0 aliphatic rings. The fraction of sp³-hybridized carbons (Fsp3) is 0.212. The molecule has 0 N–H and O–H groups in total. The van der Waals surface area contributed by atoms with Gasteiger partial charge >= 0.3 is 0 Å². The molecule has 2 heteroatoms. The monoisotopic (exact) mass is 490 g/mol. The summed E-state index contributed by atoms with van der Waals surface area (Å²) in [6.45, 7) is 7.43. The van der Waals surface area contributed by atoms with E-state index in [4.69, 9.17) is 0 Å². The molecule has 4 aromatic carbocycles. The second kappa shape index (κ2) is 11.7. The zero-order valence-electron chi connectivity index (χ0n) is 21.5. The molecule has 0 unspecified atom stereocenters. The third kappa shape index (κ3) is 5.50. The maximum atomic E-state index is 2.79. The van der Waals surface area contributed by atoms with Crippen molar-refractivity contribution >= 4 is 36.9 Å². The molecule has 178 valence electrons. The van der Waals surface area contributed by atoms with Crippen molar-refractivity contribution in [1.29, 1.82) is 0 Å². The predicted octanol–water partition coefficient (Wildman–Crippen LogP) is 6.36. The lowest BCUT2D eigenvalue weighted by atomic mass is 10.2. The van der Waals surface area contributed by atoms with Gasteiger partial charge in [-0.15, -0.1) is 0 Å². The maximum absolute atomic E-state index is 2.79. The highest BCUT2D eigenvalue weighted by Crippen LogP contribution is 2.25. The minimum Gasteiger partial charge on any atom is -0.0900 e. The van der Waals surface area contributed by atoms with Gasteiger partial charge in [0.1, 0.15) is 16.1 Å². The van der Waals surface area contributed by atoms with Gasteiger partial charge in [0.2, 0.25) is 0 Å². The van der Waals surface area contributed by atoms with E-state index in [0.29, 0.717) is 0 Å². The Morgan fingerprint density at radius 2 is 0.914 bits per heavy atom. The Morgan fingerprint density at radius 3 is 1.29 bits per heavy atom. The molecule has 0 saturated carbocycles. The number of benzene rings is 4. The van der Waals surface area contributed by atoms with Crippen LogP contribution < -0.4 is 20.7 Å². The molecule has 0 radical (unpaired) electrons. The van der Waals surface area contributed by atoms with Gasteiger partial charge in [-0.3, -0.25) is 0 Å². The van der Waals surface area contributed by atoms with E-state index < -0.39 is 16.1 Å². The van der Waals surface area contributed by atoms with Crippen molar-refractivity contribution in [1.82, 2.24) is 0 Å². The Labute approximate surface area is 214 Å². The average Bonchev–Trinajstić information content (AvgIpc) is 2.94. The highest BCUT2D eigenvalue weighted by molar-refractivity contribution is 7.10. The van der Waals surface area contributed by atoms with Crippen molar-refractivity contribution < 1.29 is 0 Å². The van der Waals surface area contributed by atoms with E-state index in [1.54, 1.807) is 5.20 Å². The van der Waals surface area contributed by atoms with Crippen LogP contribution in [0.1, 0.15) is 32.6 Å². The zero-order valence-corrected chi connectivity index (χ0v) is 23.5. The molecule has 0 fully saturated rings. The Balaban J connectivity index is 1.98. The Morgan fingerprint density at radius 1 is 0.543 bits per heavy atom. The van der Waals surface area contributed by atoms with Crippen LogP contribution in [0, 0.1) is 0 Å². The van der Waals surface area contributed by atoms with Crippen LogP contribution in [-0.2, 0) is 0 Å². The lowest BCUT2D eigenvalue weighted by Crippen LogP contribution is -2.60. The summed E-state index contributed by atoms with van der Waals surface area (Å²) in [7, 11) is -4.29. The van der Waals surface area contributed by atoms with Crippen LogP contribution in [0.5, 0.6) is 0 Å². The van der Waals surface area contributed by atoms with Gasteiger partial charge in [0.15, 0.2) is 0 Å². The van der Waals surface area contributed by atoms with E-state index in [-0.39, 0.29) is 0 Å². The lowest BCUT2D eigenvalue weighted by Gasteiger charge is -2.36. The normalized spacial score (nSPS) is 12.5. The molecular formula is C33H38Si2. The third-order valence-electron chi connectivity index (χ3n) is 7.60. The molecule has 0 aliphatic carbocycles. The number of hydrogen-bond donors (Lipinski definition) is 0. The minimum absolute atomic E-state index is 1.17. The molecule has 0 saturated heterocycles. The quantitative estimate of drug-likeness (QED) is 0.179. The Hall–Kier alpha value is -2.95. The molecule has 0 aliphatic heterocycles. The number of rotatable bonds is 10. The van der Waals surface area contributed by atoms with Crippen molar-refractivity contribution in [2.24, 2.45) is 0 Å². The lowest BCUT2D eigenvalue weighted by molar-refractivity contribution is 0.723. The number of hydrogen-bond acceptors (Lipinski definition) is 0. The van der Waals surface area contributed by atoms with Gasteiger partial charge in [0.05, 0.1) is 0 Å². The molecule has 35 heavy (non-hydrogen) atoms. The molecule has 0 amide bonds. The molecule has 0 heterocycles. The van der Waals surface area contributed by atoms with Crippen LogP contribution in [-0.4, -0.2) is 16.1 Å². The van der Waals surface area contributed by atoms with E-state index in [2.05, 4.69) is 147 Å². The maximum Gasteiger partial charge on any atom is 0.140 e. The van der Waals surface area contributed by atoms with Crippen LogP contribution in [0.4, 0.5) is 0 Å². The standard InChI is InChI=1S/C33H38Si2/c1-4-5-10-27-33(35(3,31-23-15-8-16-24-31)32-25-17-9-18-26-32)28-34(2,29-19-11-6-12-20-29)30-21-13-7-14-22-30/h6-9,11-26,28H,4-5,10,27H2,1-3H3/b33-28-. The second-order valence-electron chi connectivity index (χ2n) is 9.92. The first kappa shape index (κ1) is 25.2. The second-order valence-corrected chi connectivity index (χ2v) is 17.8. The van der Waals surface area contributed by atoms with E-state index in [1.165, 1.54) is 46.4 Å². The van der Waals surface area contributed by atoms with Crippen molar-refractivity contribution in [3.63, 3.8) is 0 Å². The number of unbranched alkanes of at least 4 members (excludes halogenated alkanes) is 2. The fourth-order valence-corrected chi connectivity index (χ4v) is 14.1. The van der Waals surface area contributed by atoms with E-state index in [1.807, 2.05) is 0 Å². The summed E-state index contributed by atoms with van der Waals surface area (Å²) in [5, 5.41) is 7.66. The van der Waals surface area contributed by atoms with Crippen molar-refractivity contribution in [2.75, 3.05) is 0 Å². The van der Waals surface area contributed by atoms with Gasteiger partial charge in [-0.2, -0.15) is 0 Å². The van der Waals surface area contributed by atoms with Crippen LogP contribution in [0.3, 0.4) is 0 Å². The van der Waals surface area contributed by atoms with E-state index >= 15 is 0 Å². The summed E-state index contributed by atoms with van der Waals surface area (Å²) < 4.78 is 0. The molecule has 0 bridgehead atoms. The van der Waals surface area contributed by atoms with Crippen molar-refractivity contribution in [3.8, 4) is 0 Å². The molecule has 0 nitrogen and oxygen atoms in total.